The van der Waals surface area contributed by atoms with E-state index in [1.807, 2.05) is 12.1 Å². The molecule has 2 aromatic carbocycles. The first-order valence-electron chi connectivity index (χ1n) is 27.5. The summed E-state index contributed by atoms with van der Waals surface area (Å²) in [6.45, 7) is 6.72. The molecule has 0 aliphatic heterocycles. The lowest BCUT2D eigenvalue weighted by atomic mass is 9.82. The minimum atomic E-state index is -1.85. The number of benzene rings is 2. The summed E-state index contributed by atoms with van der Waals surface area (Å²) in [6.07, 6.45) is 0.330. The number of rotatable bonds is 36. The number of aliphatic hydroxyl groups is 1. The van der Waals surface area contributed by atoms with E-state index in [4.69, 9.17) is 10.8 Å². The van der Waals surface area contributed by atoms with Crippen molar-refractivity contribution in [2.24, 2.45) is 11.1 Å². The summed E-state index contributed by atoms with van der Waals surface area (Å²) >= 11 is 0. The number of amides is 11. The molecule has 29 heteroatoms. The number of unbranched alkanes of at least 4 members (excludes halogenated alkanes) is 2. The number of nitrogens with zero attached hydrogens (tertiary/aromatic N) is 3. The van der Waals surface area contributed by atoms with Gasteiger partial charge in [0.25, 0.3) is 0 Å². The molecule has 0 saturated heterocycles. The Balaban J connectivity index is 1.91. The summed E-state index contributed by atoms with van der Waals surface area (Å²) in [4.78, 5) is 167. The molecular formula is C57H77F2N11O16. The van der Waals surface area contributed by atoms with Crippen molar-refractivity contribution in [3.05, 3.63) is 83.7 Å². The van der Waals surface area contributed by atoms with Crippen molar-refractivity contribution >= 4 is 77.4 Å². The topological polar surface area (TPSA) is 404 Å². The van der Waals surface area contributed by atoms with Crippen LogP contribution in [0.2, 0.25) is 0 Å². The third-order valence-corrected chi connectivity index (χ3v) is 13.3. The molecule has 3 aromatic rings. The van der Waals surface area contributed by atoms with Gasteiger partial charge in [-0.15, -0.1) is 0 Å². The maximum absolute atomic E-state index is 15.4. The van der Waals surface area contributed by atoms with Gasteiger partial charge < -0.3 is 67.7 Å². The highest BCUT2D eigenvalue weighted by Gasteiger charge is 2.39. The number of hydrogen-bond acceptors (Lipinski definition) is 14. The number of halogens is 2. The maximum Gasteiger partial charge on any atom is 0.326 e. The van der Waals surface area contributed by atoms with Crippen LogP contribution in [0, 0.1) is 17.0 Å². The Labute approximate surface area is 494 Å². The highest BCUT2D eigenvalue weighted by molar-refractivity contribution is 5.97. The molecule has 1 heterocycles. The molecular weight excluding hydrogens is 1130 g/mol. The van der Waals surface area contributed by atoms with Crippen LogP contribution < -0.4 is 43.0 Å². The number of imide groups is 1. The number of hydrogen-bond donors (Lipinski definition) is 11. The van der Waals surface area contributed by atoms with E-state index in [0.29, 0.717) is 31.4 Å². The maximum atomic E-state index is 15.4. The molecule has 0 aliphatic carbocycles. The molecule has 12 N–H and O–H groups in total. The van der Waals surface area contributed by atoms with Crippen LogP contribution in [-0.4, -0.2) is 170 Å². The molecule has 6 atom stereocenters. The number of aliphatic hydroxyl groups excluding tert-OH is 1. The third-order valence-electron chi connectivity index (χ3n) is 13.3. The van der Waals surface area contributed by atoms with Crippen molar-refractivity contribution in [1.82, 2.24) is 51.6 Å². The van der Waals surface area contributed by atoms with Crippen LogP contribution in [0.25, 0.3) is 11.1 Å². The van der Waals surface area contributed by atoms with E-state index in [9.17, 15) is 76.9 Å². The number of carbonyl (C=O) groups is 13. The van der Waals surface area contributed by atoms with Crippen LogP contribution in [0.5, 0.6) is 0 Å². The van der Waals surface area contributed by atoms with Gasteiger partial charge in [-0.1, -0.05) is 57.5 Å². The van der Waals surface area contributed by atoms with Crippen LogP contribution in [0.4, 0.5) is 8.78 Å². The summed E-state index contributed by atoms with van der Waals surface area (Å²) in [7, 11) is 0. The molecule has 0 radical (unpaired) electrons. The molecule has 470 valence electrons. The predicted octanol–water partition coefficient (Wildman–Crippen LogP) is 0.256. The molecule has 0 bridgehead atoms. The van der Waals surface area contributed by atoms with Crippen molar-refractivity contribution in [2.75, 3.05) is 32.8 Å². The van der Waals surface area contributed by atoms with Crippen LogP contribution in [0.1, 0.15) is 117 Å². The number of carbonyl (C=O) groups excluding carboxylic acids is 11. The van der Waals surface area contributed by atoms with Crippen molar-refractivity contribution in [3.63, 3.8) is 0 Å². The smallest absolute Gasteiger partial charge is 0.326 e. The monoisotopic (exact) mass is 1210 g/mol. The molecule has 27 nitrogen and oxygen atoms in total. The molecule has 0 fully saturated rings. The van der Waals surface area contributed by atoms with E-state index < -0.39 is 183 Å². The van der Waals surface area contributed by atoms with E-state index >= 15 is 4.39 Å². The number of nitrogens with one attached hydrogen (secondary N) is 7. The first kappa shape index (κ1) is 71.1. The second-order valence-corrected chi connectivity index (χ2v) is 21.3. The minimum absolute atomic E-state index is 0.0260. The molecule has 86 heavy (non-hydrogen) atoms. The first-order valence-corrected chi connectivity index (χ1v) is 27.5. The lowest BCUT2D eigenvalue weighted by Gasteiger charge is -2.41. The van der Waals surface area contributed by atoms with Gasteiger partial charge in [0.2, 0.25) is 65.5 Å². The standard InChI is InChI=1S/C57H77F2N11O16/c1-33(63-48(77)28-62-46(75)15-11-8-12-23-68(32-72)35(3)73)52(81)64-34(2)53(82)67-43(27-45(60)74)55(84)66-41(54(83)61-22-20-47(76)65-42(56(85)86)18-19-50(79)80)21-24-70(49(78)31-71)51(57(4,5)6)44-25-37(39-26-38(58)16-17-40(39)59)30-69(44)29-36-13-9-7-10-14-36/h7,9-10,13-14,16-17,25-26,30,32-34,41-43,51,71H,8,11-12,15,18-24,27-29,31H2,1-6H3,(H2,60,74)(H,61,83)(H,62,75)(H,63,77)(H,64,81)(H,65,76)(H,66,84)(H,67,82)(H,79,80)(H,85,86)/t33-,34-,41-,42-,43-,51-/m0/s1. The summed E-state index contributed by atoms with van der Waals surface area (Å²) in [6, 6.07) is 4.46. The van der Waals surface area contributed by atoms with Gasteiger partial charge in [-0.25, -0.2) is 13.6 Å². The Morgan fingerprint density at radius 1 is 0.698 bits per heavy atom. The fourth-order valence-corrected chi connectivity index (χ4v) is 8.89. The highest BCUT2D eigenvalue weighted by Crippen LogP contribution is 2.41. The van der Waals surface area contributed by atoms with Gasteiger partial charge >= 0.3 is 11.9 Å². The molecule has 0 spiro atoms. The van der Waals surface area contributed by atoms with E-state index in [1.54, 1.807) is 55.8 Å². The fraction of sp³-hybridized carbons (Fsp3) is 0.491. The Bertz CT molecular complexity index is 2920. The zero-order chi connectivity index (χ0) is 64.4. The number of primary amides is 1. The van der Waals surface area contributed by atoms with Gasteiger partial charge in [-0.05, 0) is 74.8 Å². The van der Waals surface area contributed by atoms with Crippen molar-refractivity contribution < 1.29 is 86.4 Å². The van der Waals surface area contributed by atoms with Crippen LogP contribution in [-0.2, 0) is 68.9 Å². The number of carboxylic acid groups (broad SMARTS) is 2. The highest BCUT2D eigenvalue weighted by atomic mass is 19.1. The lowest BCUT2D eigenvalue weighted by Crippen LogP contribution is -2.58. The van der Waals surface area contributed by atoms with Gasteiger partial charge in [0.15, 0.2) is 0 Å². The van der Waals surface area contributed by atoms with E-state index in [2.05, 4.69) is 37.2 Å². The molecule has 0 aliphatic rings. The van der Waals surface area contributed by atoms with Crippen molar-refractivity contribution in [2.45, 2.75) is 142 Å². The molecule has 3 rings (SSSR count). The second kappa shape index (κ2) is 34.6. The Hall–Kier alpha value is -9.15. The quantitative estimate of drug-likeness (QED) is 0.0275. The average Bonchev–Trinajstić information content (AvgIpc) is 1.73. The largest absolute Gasteiger partial charge is 0.481 e. The van der Waals surface area contributed by atoms with Crippen molar-refractivity contribution in [3.8, 4) is 11.1 Å². The van der Waals surface area contributed by atoms with E-state index in [-0.39, 0.29) is 30.6 Å². The number of aliphatic carboxylic acids is 2. The van der Waals surface area contributed by atoms with Gasteiger partial charge in [-0.2, -0.15) is 0 Å². The van der Waals surface area contributed by atoms with Gasteiger partial charge in [0.1, 0.15) is 48.5 Å². The third kappa shape index (κ3) is 23.8. The summed E-state index contributed by atoms with van der Waals surface area (Å²) < 4.78 is 31.8. The summed E-state index contributed by atoms with van der Waals surface area (Å²) in [5.74, 6) is -13.2. The SMILES string of the molecule is CC(=O)N(C=O)CCCCCC(=O)NCC(=O)N[C@@H](C)C(=O)N[C@@H](C)C(=O)N[C@@H](CC(N)=O)C(=O)N[C@@H](CCN(C(=O)CO)[C@@H](c1cc(-c2cc(F)ccc2F)cn1Cc1ccccc1)C(C)(C)C)C(=O)NCCC(=O)N[C@@H](CCC(=O)O)C(=O)O. The van der Waals surface area contributed by atoms with Crippen LogP contribution in [0.3, 0.4) is 0 Å². The molecule has 0 saturated carbocycles. The van der Waals surface area contributed by atoms with Crippen LogP contribution >= 0.6 is 0 Å². The summed E-state index contributed by atoms with van der Waals surface area (Å²) in [5.41, 5.74) is 5.78. The predicted molar refractivity (Wildman–Crippen MR) is 303 cm³/mol. The van der Waals surface area contributed by atoms with Gasteiger partial charge in [0, 0.05) is 75.4 Å². The van der Waals surface area contributed by atoms with Crippen LogP contribution in [0.15, 0.2) is 60.8 Å². The molecule has 0 unspecified atom stereocenters. The normalized spacial score (nSPS) is 13.2. The van der Waals surface area contributed by atoms with Gasteiger partial charge in [0.05, 0.1) is 19.0 Å². The number of carboxylic acids is 2. The Morgan fingerprint density at radius 2 is 1.35 bits per heavy atom. The van der Waals surface area contributed by atoms with E-state index in [0.717, 1.165) is 28.7 Å². The van der Waals surface area contributed by atoms with E-state index in [1.165, 1.54) is 25.7 Å². The van der Waals surface area contributed by atoms with Crippen molar-refractivity contribution in [1.29, 1.82) is 0 Å². The zero-order valence-corrected chi connectivity index (χ0v) is 48.7. The Morgan fingerprint density at radius 3 is 1.95 bits per heavy atom. The average molecular weight is 1210 g/mol. The lowest BCUT2D eigenvalue weighted by molar-refractivity contribution is -0.143. The number of nitrogens with two attached hydrogens (primary N) is 1. The second-order valence-electron chi connectivity index (χ2n) is 21.3. The number of aromatic nitrogens is 1. The molecule has 1 aromatic heterocycles. The fourth-order valence-electron chi connectivity index (χ4n) is 8.89. The Kier molecular flexibility index (Phi) is 28.6. The van der Waals surface area contributed by atoms with Gasteiger partial charge in [-0.3, -0.25) is 62.4 Å². The first-order chi connectivity index (χ1) is 40.4. The zero-order valence-electron chi connectivity index (χ0n) is 48.7. The summed E-state index contributed by atoms with van der Waals surface area (Å²) in [5, 5.41) is 45.5. The minimum Gasteiger partial charge on any atom is -0.481 e. The molecule has 11 amide bonds.